The Kier molecular flexibility index (Phi) is 8.19. The van der Waals surface area contributed by atoms with Crippen molar-refractivity contribution < 1.29 is 4.74 Å². The van der Waals surface area contributed by atoms with E-state index < -0.39 is 0 Å². The molecule has 0 aromatic heterocycles. The standard InChI is InChI=1S/C16H25NO/c1-3-9-16(14-17-4-2)18-13-8-12-15-10-6-5-7-11-15/h5-8,10-12,16-17H,3-4,9,13-14H2,1-2H3/b12-8+. The van der Waals surface area contributed by atoms with Crippen molar-refractivity contribution >= 4 is 6.08 Å². The van der Waals surface area contributed by atoms with Crippen LogP contribution in [0.4, 0.5) is 0 Å². The Balaban J connectivity index is 2.27. The Morgan fingerprint density at radius 3 is 2.67 bits per heavy atom. The highest BCUT2D eigenvalue weighted by Crippen LogP contribution is 2.03. The molecule has 0 aliphatic heterocycles. The molecule has 100 valence electrons. The van der Waals surface area contributed by atoms with Crippen LogP contribution in [0.2, 0.25) is 0 Å². The first-order chi connectivity index (χ1) is 8.86. The van der Waals surface area contributed by atoms with Crippen LogP contribution in [0.5, 0.6) is 0 Å². The molecule has 1 rings (SSSR count). The fraction of sp³-hybridized carbons (Fsp3) is 0.500. The smallest absolute Gasteiger partial charge is 0.0703 e. The molecule has 0 amide bonds. The van der Waals surface area contributed by atoms with Crippen molar-refractivity contribution in [2.45, 2.75) is 32.8 Å². The molecule has 1 unspecified atom stereocenters. The molecule has 1 aromatic rings. The molecule has 18 heavy (non-hydrogen) atoms. The van der Waals surface area contributed by atoms with E-state index >= 15 is 0 Å². The van der Waals surface area contributed by atoms with Crippen molar-refractivity contribution in [2.24, 2.45) is 0 Å². The van der Waals surface area contributed by atoms with Gasteiger partial charge in [0.1, 0.15) is 0 Å². The first-order valence-corrected chi connectivity index (χ1v) is 6.90. The summed E-state index contributed by atoms with van der Waals surface area (Å²) in [6.45, 7) is 6.96. The fourth-order valence-corrected chi connectivity index (χ4v) is 1.81. The highest BCUT2D eigenvalue weighted by molar-refractivity contribution is 5.48. The van der Waals surface area contributed by atoms with Gasteiger partial charge in [-0.1, -0.05) is 62.8 Å². The third-order valence-corrected chi connectivity index (χ3v) is 2.77. The van der Waals surface area contributed by atoms with Crippen molar-refractivity contribution in [3.8, 4) is 0 Å². The minimum Gasteiger partial charge on any atom is -0.373 e. The second-order valence-corrected chi connectivity index (χ2v) is 4.36. The molecule has 0 bridgehead atoms. The second-order valence-electron chi connectivity index (χ2n) is 4.36. The van der Waals surface area contributed by atoms with Gasteiger partial charge in [0.2, 0.25) is 0 Å². The molecule has 2 nitrogen and oxygen atoms in total. The van der Waals surface area contributed by atoms with Crippen molar-refractivity contribution in [1.82, 2.24) is 5.32 Å². The van der Waals surface area contributed by atoms with Gasteiger partial charge in [-0.15, -0.1) is 0 Å². The zero-order chi connectivity index (χ0) is 13.1. The molecule has 1 aromatic carbocycles. The zero-order valence-corrected chi connectivity index (χ0v) is 11.6. The lowest BCUT2D eigenvalue weighted by molar-refractivity contribution is 0.0677. The van der Waals surface area contributed by atoms with Crippen molar-refractivity contribution in [1.29, 1.82) is 0 Å². The summed E-state index contributed by atoms with van der Waals surface area (Å²) in [6, 6.07) is 10.3. The predicted molar refractivity (Wildman–Crippen MR) is 78.7 cm³/mol. The summed E-state index contributed by atoms with van der Waals surface area (Å²) < 4.78 is 5.86. The number of hydrogen-bond acceptors (Lipinski definition) is 2. The maximum absolute atomic E-state index is 5.86. The van der Waals surface area contributed by atoms with Gasteiger partial charge in [-0.3, -0.25) is 0 Å². The van der Waals surface area contributed by atoms with Crippen LogP contribution in [0.3, 0.4) is 0 Å². The molecular formula is C16H25NO. The predicted octanol–water partition coefficient (Wildman–Crippen LogP) is 3.49. The van der Waals surface area contributed by atoms with Crippen molar-refractivity contribution in [3.63, 3.8) is 0 Å². The van der Waals surface area contributed by atoms with E-state index in [9.17, 15) is 0 Å². The van der Waals surface area contributed by atoms with E-state index in [4.69, 9.17) is 4.74 Å². The van der Waals surface area contributed by atoms with E-state index in [1.807, 2.05) is 18.2 Å². The van der Waals surface area contributed by atoms with Crippen LogP contribution in [0, 0.1) is 0 Å². The minimum atomic E-state index is 0.329. The van der Waals surface area contributed by atoms with Crippen LogP contribution in [0.15, 0.2) is 36.4 Å². The van der Waals surface area contributed by atoms with Gasteiger partial charge in [0, 0.05) is 6.54 Å². The van der Waals surface area contributed by atoms with Crippen LogP contribution in [0.1, 0.15) is 32.3 Å². The van der Waals surface area contributed by atoms with Crippen LogP contribution < -0.4 is 5.32 Å². The Labute approximate surface area is 111 Å². The lowest BCUT2D eigenvalue weighted by Gasteiger charge is -2.16. The van der Waals surface area contributed by atoms with Crippen molar-refractivity contribution in [2.75, 3.05) is 19.7 Å². The van der Waals surface area contributed by atoms with Gasteiger partial charge in [0.25, 0.3) is 0 Å². The van der Waals surface area contributed by atoms with Gasteiger partial charge in [-0.25, -0.2) is 0 Å². The molecule has 0 fully saturated rings. The second kappa shape index (κ2) is 9.86. The largest absolute Gasteiger partial charge is 0.373 e. The third-order valence-electron chi connectivity index (χ3n) is 2.77. The number of benzene rings is 1. The van der Waals surface area contributed by atoms with Gasteiger partial charge in [-0.05, 0) is 18.5 Å². The van der Waals surface area contributed by atoms with E-state index in [1.54, 1.807) is 0 Å². The average Bonchev–Trinajstić information content (AvgIpc) is 2.42. The van der Waals surface area contributed by atoms with Crippen LogP contribution in [-0.2, 0) is 4.74 Å². The Morgan fingerprint density at radius 1 is 1.22 bits per heavy atom. The van der Waals surface area contributed by atoms with E-state index in [1.165, 1.54) is 12.0 Å². The Morgan fingerprint density at radius 2 is 2.00 bits per heavy atom. The summed E-state index contributed by atoms with van der Waals surface area (Å²) in [5, 5.41) is 3.34. The van der Waals surface area contributed by atoms with E-state index in [0.29, 0.717) is 12.7 Å². The lowest BCUT2D eigenvalue weighted by atomic mass is 10.2. The highest BCUT2D eigenvalue weighted by atomic mass is 16.5. The first-order valence-electron chi connectivity index (χ1n) is 6.90. The van der Waals surface area contributed by atoms with E-state index in [0.717, 1.165) is 19.5 Å². The molecule has 0 aliphatic carbocycles. The van der Waals surface area contributed by atoms with Gasteiger partial charge in [-0.2, -0.15) is 0 Å². The number of nitrogens with one attached hydrogen (secondary N) is 1. The first kappa shape index (κ1) is 14.9. The van der Waals surface area contributed by atoms with Gasteiger partial charge >= 0.3 is 0 Å². The van der Waals surface area contributed by atoms with Crippen LogP contribution in [-0.4, -0.2) is 25.8 Å². The molecule has 0 saturated heterocycles. The summed E-state index contributed by atoms with van der Waals surface area (Å²) >= 11 is 0. The molecule has 0 spiro atoms. The molecule has 1 N–H and O–H groups in total. The quantitative estimate of drug-likeness (QED) is 0.721. The average molecular weight is 247 g/mol. The maximum Gasteiger partial charge on any atom is 0.0703 e. The summed E-state index contributed by atoms with van der Waals surface area (Å²) in [6.07, 6.45) is 6.81. The van der Waals surface area contributed by atoms with E-state index in [-0.39, 0.29) is 0 Å². The number of ether oxygens (including phenoxy) is 1. The summed E-state index contributed by atoms with van der Waals surface area (Å²) in [5.41, 5.74) is 1.22. The maximum atomic E-state index is 5.86. The van der Waals surface area contributed by atoms with E-state index in [2.05, 4.69) is 43.4 Å². The van der Waals surface area contributed by atoms with Gasteiger partial charge in [0.15, 0.2) is 0 Å². The van der Waals surface area contributed by atoms with Crippen LogP contribution >= 0.6 is 0 Å². The molecule has 1 atom stereocenters. The normalized spacial score (nSPS) is 13.0. The Hall–Kier alpha value is -1.12. The molecule has 2 heteroatoms. The van der Waals surface area contributed by atoms with Gasteiger partial charge in [0.05, 0.1) is 12.7 Å². The molecule has 0 radical (unpaired) electrons. The highest BCUT2D eigenvalue weighted by Gasteiger charge is 2.05. The van der Waals surface area contributed by atoms with Crippen LogP contribution in [0.25, 0.3) is 6.08 Å². The third kappa shape index (κ3) is 6.58. The molecule has 0 heterocycles. The number of likely N-dealkylation sites (N-methyl/N-ethyl adjacent to an activating group) is 1. The SMILES string of the molecule is CCCC(CNCC)OC/C=C/c1ccccc1. The monoisotopic (exact) mass is 247 g/mol. The summed E-state index contributed by atoms with van der Waals surface area (Å²) in [7, 11) is 0. The fourth-order valence-electron chi connectivity index (χ4n) is 1.81. The lowest BCUT2D eigenvalue weighted by Crippen LogP contribution is -2.29. The molecule has 0 saturated carbocycles. The molecular weight excluding hydrogens is 222 g/mol. The Bertz CT molecular complexity index is 321. The summed E-state index contributed by atoms with van der Waals surface area (Å²) in [5.74, 6) is 0. The summed E-state index contributed by atoms with van der Waals surface area (Å²) in [4.78, 5) is 0. The van der Waals surface area contributed by atoms with Crippen molar-refractivity contribution in [3.05, 3.63) is 42.0 Å². The number of rotatable bonds is 9. The zero-order valence-electron chi connectivity index (χ0n) is 11.6. The molecule has 0 aliphatic rings. The topological polar surface area (TPSA) is 21.3 Å². The minimum absolute atomic E-state index is 0.329. The van der Waals surface area contributed by atoms with Gasteiger partial charge < -0.3 is 10.1 Å². The number of hydrogen-bond donors (Lipinski definition) is 1.